The van der Waals surface area contributed by atoms with Crippen molar-refractivity contribution in [2.24, 2.45) is 5.92 Å². The van der Waals surface area contributed by atoms with Gasteiger partial charge >= 0.3 is 0 Å². The van der Waals surface area contributed by atoms with Crippen LogP contribution in [0, 0.1) is 23.7 Å². The van der Waals surface area contributed by atoms with E-state index < -0.39 is 11.6 Å². The van der Waals surface area contributed by atoms with Gasteiger partial charge in [-0.15, -0.1) is 0 Å². The van der Waals surface area contributed by atoms with Gasteiger partial charge in [-0.05, 0) is 25.7 Å². The molecule has 1 radical (unpaired) electrons. The number of nitriles is 1. The maximum absolute atomic E-state index is 13.2. The molecule has 179 valence electrons. The Morgan fingerprint density at radius 1 is 1.22 bits per heavy atom. The van der Waals surface area contributed by atoms with E-state index in [1.165, 1.54) is 13.2 Å². The van der Waals surface area contributed by atoms with Gasteiger partial charge in [0.1, 0.15) is 11.6 Å². The summed E-state index contributed by atoms with van der Waals surface area (Å²) < 4.78 is 5.46. The number of ether oxygens (including phenoxy) is 1. The molecule has 8 nitrogen and oxygen atoms in total. The van der Waals surface area contributed by atoms with Gasteiger partial charge in [0.2, 0.25) is 5.91 Å². The topological polar surface area (TPSA) is 112 Å². The zero-order chi connectivity index (χ0) is 23.1. The number of hydrogen-bond acceptors (Lipinski definition) is 6. The number of morpholine rings is 1. The molecule has 2 amide bonds. The van der Waals surface area contributed by atoms with Crippen LogP contribution < -0.4 is 10.6 Å². The Morgan fingerprint density at radius 2 is 1.81 bits per heavy atom. The molecule has 1 aliphatic carbocycles. The predicted molar refractivity (Wildman–Crippen MR) is 119 cm³/mol. The monoisotopic (exact) mass is 523 g/mol. The molecule has 9 heteroatoms. The minimum atomic E-state index is -0.529. The second-order valence-corrected chi connectivity index (χ2v) is 8.39. The van der Waals surface area contributed by atoms with Crippen LogP contribution in [0.1, 0.15) is 65.7 Å². The molecule has 0 aromatic carbocycles. The first-order chi connectivity index (χ1) is 14.9. The molecule has 1 aliphatic heterocycles. The van der Waals surface area contributed by atoms with E-state index in [1.54, 1.807) is 6.42 Å². The van der Waals surface area contributed by atoms with Crippen LogP contribution in [-0.2, 0) is 51.8 Å². The summed E-state index contributed by atoms with van der Waals surface area (Å²) in [4.78, 5) is 35.8. The standard InChI is InChI=1S/C21H35N4O3.C2H3O.Y/c1-17(2)15-19(26)23-10-6-7-18(16-22)24-20(27)21(8-4-3-5-9-21)25-11-13-28-14-12-25;1-2-3;/h15,17-18H,3-14H2,1-2H3,(H,23,26)(H,24,27);1H3;/q2*-1;. The average Bonchev–Trinajstić information content (AvgIpc) is 2.76. The average molecular weight is 523 g/mol. The Morgan fingerprint density at radius 3 is 2.34 bits per heavy atom. The third kappa shape index (κ3) is 10.7. The van der Waals surface area contributed by atoms with E-state index in [0.29, 0.717) is 32.6 Å². The van der Waals surface area contributed by atoms with Gasteiger partial charge in [0, 0.05) is 52.3 Å². The van der Waals surface area contributed by atoms with Crippen LogP contribution in [0.5, 0.6) is 0 Å². The minimum Gasteiger partial charge on any atom is -0.542 e. The van der Waals surface area contributed by atoms with E-state index in [1.807, 2.05) is 13.8 Å². The smallest absolute Gasteiger partial charge is 0.241 e. The number of rotatable bonds is 9. The second-order valence-electron chi connectivity index (χ2n) is 8.39. The van der Waals surface area contributed by atoms with Crippen LogP contribution in [0.2, 0.25) is 0 Å². The van der Waals surface area contributed by atoms with Crippen molar-refractivity contribution in [1.29, 1.82) is 5.26 Å². The van der Waals surface area contributed by atoms with Crippen LogP contribution in [0.3, 0.4) is 0 Å². The third-order valence-electron chi connectivity index (χ3n) is 5.63. The number of nitrogens with one attached hydrogen (secondary N) is 2. The van der Waals surface area contributed by atoms with E-state index >= 15 is 0 Å². The van der Waals surface area contributed by atoms with Crippen molar-refractivity contribution in [3.05, 3.63) is 6.42 Å². The summed E-state index contributed by atoms with van der Waals surface area (Å²) in [5.41, 5.74) is -0.502. The fraction of sp³-hybridized carbons (Fsp3) is 0.783. The van der Waals surface area contributed by atoms with Crippen molar-refractivity contribution in [1.82, 2.24) is 15.5 Å². The Kier molecular flexibility index (Phi) is 16.9. The summed E-state index contributed by atoms with van der Waals surface area (Å²) in [6.07, 6.45) is 9.26. The van der Waals surface area contributed by atoms with Gasteiger partial charge in [0.15, 0.2) is 0 Å². The molecular formula is C23H38N4O4Y-2. The number of carbonyl (C=O) groups excluding carboxylic acids is 3. The summed E-state index contributed by atoms with van der Waals surface area (Å²) in [7, 11) is 0. The van der Waals surface area contributed by atoms with Crippen LogP contribution in [0.15, 0.2) is 0 Å². The number of amides is 2. The van der Waals surface area contributed by atoms with Gasteiger partial charge in [-0.2, -0.15) is 18.1 Å². The fourth-order valence-corrected chi connectivity index (χ4v) is 4.16. The Bertz CT molecular complexity index is 597. The van der Waals surface area contributed by atoms with Crippen molar-refractivity contribution < 1.29 is 51.8 Å². The van der Waals surface area contributed by atoms with Crippen molar-refractivity contribution in [2.75, 3.05) is 32.8 Å². The second kappa shape index (κ2) is 17.5. The van der Waals surface area contributed by atoms with Crippen molar-refractivity contribution in [3.8, 4) is 6.07 Å². The fourth-order valence-electron chi connectivity index (χ4n) is 4.16. The number of hydrogen-bond donors (Lipinski definition) is 2. The molecule has 2 rings (SSSR count). The van der Waals surface area contributed by atoms with Gasteiger partial charge in [-0.1, -0.05) is 33.1 Å². The van der Waals surface area contributed by atoms with E-state index in [-0.39, 0.29) is 50.4 Å². The first kappa shape index (κ1) is 31.0. The molecule has 32 heavy (non-hydrogen) atoms. The Labute approximate surface area is 218 Å². The number of carbonyl (C=O) groups is 2. The van der Waals surface area contributed by atoms with E-state index in [0.717, 1.165) is 45.2 Å². The van der Waals surface area contributed by atoms with E-state index in [2.05, 4.69) is 21.6 Å². The molecule has 0 aromatic heterocycles. The predicted octanol–water partition coefficient (Wildman–Crippen LogP) is 1.90. The number of nitrogens with zero attached hydrogens (tertiary/aromatic N) is 2. The molecule has 2 N–H and O–H groups in total. The first-order valence-corrected chi connectivity index (χ1v) is 11.3. The van der Waals surface area contributed by atoms with Gasteiger partial charge in [-0.25, -0.2) is 0 Å². The summed E-state index contributed by atoms with van der Waals surface area (Å²) in [5, 5.41) is 15.3. The van der Waals surface area contributed by atoms with Gasteiger partial charge < -0.3 is 31.4 Å². The molecule has 0 spiro atoms. The van der Waals surface area contributed by atoms with Crippen LogP contribution in [0.4, 0.5) is 0 Å². The largest absolute Gasteiger partial charge is 0.542 e. The maximum atomic E-state index is 13.2. The van der Waals surface area contributed by atoms with Crippen molar-refractivity contribution in [3.63, 3.8) is 0 Å². The SMILES string of the molecule is CC(C)[CH-]C(=O)NCCCC(C#N)NC(=O)C1(N2CCOCC2)CCCCC1.C[C-]=O.[Y]. The molecule has 2 aliphatic rings. The molecule has 1 saturated carbocycles. The van der Waals surface area contributed by atoms with E-state index in [4.69, 9.17) is 9.53 Å². The minimum absolute atomic E-state index is 0. The summed E-state index contributed by atoms with van der Waals surface area (Å²) in [6.45, 7) is 8.58. The van der Waals surface area contributed by atoms with Crippen LogP contribution >= 0.6 is 0 Å². The van der Waals surface area contributed by atoms with Crippen LogP contribution in [0.25, 0.3) is 0 Å². The quantitative estimate of drug-likeness (QED) is 0.353. The molecule has 0 aromatic rings. The summed E-state index contributed by atoms with van der Waals surface area (Å²) in [5.74, 6) is 0.108. The molecule has 1 unspecified atom stereocenters. The summed E-state index contributed by atoms with van der Waals surface area (Å²) in [6, 6.07) is 1.69. The first-order valence-electron chi connectivity index (χ1n) is 11.3. The van der Waals surface area contributed by atoms with Gasteiger partial charge in [-0.3, -0.25) is 16.0 Å². The van der Waals surface area contributed by atoms with Crippen LogP contribution in [-0.4, -0.2) is 67.4 Å². The molecule has 1 heterocycles. The normalized spacial score (nSPS) is 18.6. The zero-order valence-electron chi connectivity index (χ0n) is 19.8. The molecule has 2 fully saturated rings. The maximum Gasteiger partial charge on any atom is 0.241 e. The Hall–Kier alpha value is -1.01. The Balaban J connectivity index is 0.00000227. The molecular weight excluding hydrogens is 485 g/mol. The van der Waals surface area contributed by atoms with Gasteiger partial charge in [0.25, 0.3) is 0 Å². The van der Waals surface area contributed by atoms with Crippen molar-refractivity contribution >= 4 is 18.1 Å². The third-order valence-corrected chi connectivity index (χ3v) is 5.63. The van der Waals surface area contributed by atoms with E-state index in [9.17, 15) is 14.9 Å². The summed E-state index contributed by atoms with van der Waals surface area (Å²) >= 11 is 0. The molecule has 1 saturated heterocycles. The van der Waals surface area contributed by atoms with Gasteiger partial charge in [0.05, 0.1) is 25.2 Å². The molecule has 1 atom stereocenters. The molecule has 0 bridgehead atoms. The zero-order valence-corrected chi connectivity index (χ0v) is 22.7. The van der Waals surface area contributed by atoms with Crippen molar-refractivity contribution in [2.45, 2.75) is 77.3 Å².